The lowest BCUT2D eigenvalue weighted by atomic mass is 9.95. The maximum atomic E-state index is 14.6. The number of anilines is 2. The van der Waals surface area contributed by atoms with Gasteiger partial charge in [0.25, 0.3) is 0 Å². The number of aromatic carboxylic acids is 1. The van der Waals surface area contributed by atoms with Crippen LogP contribution < -0.4 is 5.32 Å². The Morgan fingerprint density at radius 1 is 1.12 bits per heavy atom. The summed E-state index contributed by atoms with van der Waals surface area (Å²) >= 11 is 7.43. The number of hydrogen-bond donors (Lipinski definition) is 2. The summed E-state index contributed by atoms with van der Waals surface area (Å²) in [5.74, 6) is -2.25. The molecule has 2 aromatic heterocycles. The Kier molecular flexibility index (Phi) is 5.35. The van der Waals surface area contributed by atoms with Crippen LogP contribution in [0.1, 0.15) is 27.0 Å². The Morgan fingerprint density at radius 2 is 1.91 bits per heavy atom. The minimum absolute atomic E-state index is 0.104. The van der Waals surface area contributed by atoms with Gasteiger partial charge in [0.1, 0.15) is 11.6 Å². The molecule has 0 amide bonds. The van der Waals surface area contributed by atoms with E-state index in [1.165, 1.54) is 41.0 Å². The molecule has 0 radical (unpaired) electrons. The van der Waals surface area contributed by atoms with Crippen molar-refractivity contribution in [2.75, 3.05) is 5.32 Å². The van der Waals surface area contributed by atoms with Crippen molar-refractivity contribution in [3.63, 3.8) is 0 Å². The molecule has 2 aromatic carbocycles. The van der Waals surface area contributed by atoms with E-state index in [4.69, 9.17) is 16.7 Å². The van der Waals surface area contributed by atoms with Crippen LogP contribution in [0, 0.1) is 11.6 Å². The highest BCUT2D eigenvalue weighted by atomic mass is 35.5. The lowest BCUT2D eigenvalue weighted by molar-refractivity contribution is 0.0697. The van der Waals surface area contributed by atoms with E-state index in [0.29, 0.717) is 32.4 Å². The summed E-state index contributed by atoms with van der Waals surface area (Å²) in [6.45, 7) is 0.104. The number of carbonyl (C=O) groups is 1. The molecular weight excluding hydrogens is 470 g/mol. The summed E-state index contributed by atoms with van der Waals surface area (Å²) in [4.78, 5) is 24.5. The number of carboxylic acids is 1. The SMILES string of the molecule is O=C(O)c1csc(Nc2ncc3c(n2)-c2ccc(Cl)cc2C(c2c(F)cccc2F)=NC3)c1. The first-order valence-corrected chi connectivity index (χ1v) is 10.9. The number of aliphatic imine (C=N–C) groups is 1. The monoisotopic (exact) mass is 482 g/mol. The van der Waals surface area contributed by atoms with Gasteiger partial charge in [0, 0.05) is 33.3 Å². The van der Waals surface area contributed by atoms with Gasteiger partial charge in [-0.2, -0.15) is 0 Å². The summed E-state index contributed by atoms with van der Waals surface area (Å²) in [6, 6.07) is 10.1. The first-order valence-electron chi connectivity index (χ1n) is 9.64. The second kappa shape index (κ2) is 8.34. The summed E-state index contributed by atoms with van der Waals surface area (Å²) in [5, 5.41) is 14.6. The van der Waals surface area contributed by atoms with Crippen LogP contribution in [-0.2, 0) is 6.54 Å². The number of thiophene rings is 1. The Labute approximate surface area is 195 Å². The summed E-state index contributed by atoms with van der Waals surface area (Å²) < 4.78 is 29.2. The molecule has 5 rings (SSSR count). The maximum absolute atomic E-state index is 14.6. The van der Waals surface area contributed by atoms with Crippen molar-refractivity contribution in [2.45, 2.75) is 6.54 Å². The fourth-order valence-corrected chi connectivity index (χ4v) is 4.49. The van der Waals surface area contributed by atoms with Gasteiger partial charge in [-0.1, -0.05) is 23.7 Å². The smallest absolute Gasteiger partial charge is 0.336 e. The second-order valence-electron chi connectivity index (χ2n) is 7.15. The minimum atomic E-state index is -1.03. The van der Waals surface area contributed by atoms with Crippen LogP contribution in [0.5, 0.6) is 0 Å². The number of hydrogen-bond acceptors (Lipinski definition) is 6. The normalized spacial score (nSPS) is 12.4. The van der Waals surface area contributed by atoms with Crippen LogP contribution in [0.2, 0.25) is 5.02 Å². The highest BCUT2D eigenvalue weighted by Gasteiger charge is 2.25. The van der Waals surface area contributed by atoms with Gasteiger partial charge in [0.15, 0.2) is 0 Å². The van der Waals surface area contributed by atoms with Gasteiger partial charge in [0.05, 0.1) is 34.1 Å². The molecule has 164 valence electrons. The van der Waals surface area contributed by atoms with Crippen molar-refractivity contribution in [1.29, 1.82) is 0 Å². The summed E-state index contributed by atoms with van der Waals surface area (Å²) in [6.07, 6.45) is 1.58. The standard InChI is InChI=1S/C23H13ClF2N4O2S/c24-13-4-5-14-15(7-13)21(19-16(25)2-1-3-17(19)26)27-8-12-9-28-23(30-20(12)14)29-18-6-11(10-33-18)22(31)32/h1-7,9-10H,8H2,(H,31,32)(H,28,29,30). The second-order valence-corrected chi connectivity index (χ2v) is 8.50. The van der Waals surface area contributed by atoms with Crippen molar-refractivity contribution >= 4 is 45.6 Å². The van der Waals surface area contributed by atoms with E-state index in [-0.39, 0.29) is 29.3 Å². The number of nitrogens with one attached hydrogen (secondary N) is 1. The predicted molar refractivity (Wildman–Crippen MR) is 123 cm³/mol. The molecular formula is C23H13ClF2N4O2S. The molecule has 0 saturated carbocycles. The van der Waals surface area contributed by atoms with Gasteiger partial charge in [-0.3, -0.25) is 4.99 Å². The number of aromatic nitrogens is 2. The first-order chi connectivity index (χ1) is 15.9. The Balaban J connectivity index is 1.62. The number of nitrogens with zero attached hydrogens (tertiary/aromatic N) is 3. The maximum Gasteiger partial charge on any atom is 0.336 e. The summed E-state index contributed by atoms with van der Waals surface area (Å²) in [5.41, 5.74) is 2.29. The summed E-state index contributed by atoms with van der Waals surface area (Å²) in [7, 11) is 0. The molecule has 1 aliphatic rings. The zero-order chi connectivity index (χ0) is 23.1. The fraction of sp³-hybridized carbons (Fsp3) is 0.0435. The Morgan fingerprint density at radius 3 is 2.64 bits per heavy atom. The molecule has 4 aromatic rings. The number of rotatable bonds is 4. The molecule has 0 saturated heterocycles. The van der Waals surface area contributed by atoms with Gasteiger partial charge in [-0.25, -0.2) is 23.5 Å². The van der Waals surface area contributed by atoms with Crippen LogP contribution in [0.15, 0.2) is 59.0 Å². The number of benzene rings is 2. The Hall–Kier alpha value is -3.69. The van der Waals surface area contributed by atoms with Gasteiger partial charge in [0.2, 0.25) is 5.95 Å². The van der Waals surface area contributed by atoms with E-state index < -0.39 is 17.6 Å². The molecule has 6 nitrogen and oxygen atoms in total. The zero-order valence-corrected chi connectivity index (χ0v) is 18.2. The average Bonchev–Trinajstić information content (AvgIpc) is 3.19. The van der Waals surface area contributed by atoms with Crippen molar-refractivity contribution < 1.29 is 18.7 Å². The minimum Gasteiger partial charge on any atom is -0.478 e. The largest absolute Gasteiger partial charge is 0.478 e. The molecule has 1 aliphatic heterocycles. The fourth-order valence-electron chi connectivity index (χ4n) is 3.55. The van der Waals surface area contributed by atoms with Crippen molar-refractivity contribution in [3.8, 4) is 11.3 Å². The van der Waals surface area contributed by atoms with Crippen molar-refractivity contribution in [2.24, 2.45) is 4.99 Å². The molecule has 0 bridgehead atoms. The van der Waals surface area contributed by atoms with E-state index in [1.54, 1.807) is 24.4 Å². The number of carboxylic acid groups (broad SMARTS) is 1. The molecule has 0 atom stereocenters. The van der Waals surface area contributed by atoms with Gasteiger partial charge in [-0.05, 0) is 30.3 Å². The number of fused-ring (bicyclic) bond motifs is 3. The van der Waals surface area contributed by atoms with E-state index in [0.717, 1.165) is 0 Å². The third-order valence-electron chi connectivity index (χ3n) is 5.04. The quantitative estimate of drug-likeness (QED) is 0.376. The molecule has 0 unspecified atom stereocenters. The molecule has 33 heavy (non-hydrogen) atoms. The molecule has 2 N–H and O–H groups in total. The number of halogens is 3. The van der Waals surface area contributed by atoms with E-state index in [2.05, 4.69) is 20.3 Å². The van der Waals surface area contributed by atoms with Gasteiger partial charge < -0.3 is 10.4 Å². The topological polar surface area (TPSA) is 87.5 Å². The van der Waals surface area contributed by atoms with Crippen LogP contribution in [0.25, 0.3) is 11.3 Å². The third kappa shape index (κ3) is 3.96. The van der Waals surface area contributed by atoms with Crippen LogP contribution in [0.3, 0.4) is 0 Å². The third-order valence-corrected chi connectivity index (χ3v) is 6.13. The van der Waals surface area contributed by atoms with Gasteiger partial charge >= 0.3 is 5.97 Å². The lowest BCUT2D eigenvalue weighted by Crippen LogP contribution is -2.10. The van der Waals surface area contributed by atoms with Crippen molar-refractivity contribution in [1.82, 2.24) is 9.97 Å². The first kappa shape index (κ1) is 21.2. The highest BCUT2D eigenvalue weighted by Crippen LogP contribution is 2.35. The van der Waals surface area contributed by atoms with Crippen molar-refractivity contribution in [3.05, 3.63) is 93.0 Å². The van der Waals surface area contributed by atoms with Crippen LogP contribution in [-0.4, -0.2) is 26.8 Å². The highest BCUT2D eigenvalue weighted by molar-refractivity contribution is 7.14. The Bertz CT molecular complexity index is 1430. The average molecular weight is 483 g/mol. The molecule has 0 aliphatic carbocycles. The molecule has 0 spiro atoms. The van der Waals surface area contributed by atoms with E-state index >= 15 is 0 Å². The van der Waals surface area contributed by atoms with E-state index in [9.17, 15) is 13.6 Å². The molecule has 10 heteroatoms. The van der Waals surface area contributed by atoms with E-state index in [1.807, 2.05) is 0 Å². The van der Waals surface area contributed by atoms with Crippen LogP contribution >= 0.6 is 22.9 Å². The van der Waals surface area contributed by atoms with Gasteiger partial charge in [-0.15, -0.1) is 11.3 Å². The molecule has 3 heterocycles. The predicted octanol–water partition coefficient (Wildman–Crippen LogP) is 5.93. The van der Waals surface area contributed by atoms with Crippen LogP contribution in [0.4, 0.5) is 19.7 Å². The lowest BCUT2D eigenvalue weighted by Gasteiger charge is -2.13. The zero-order valence-electron chi connectivity index (χ0n) is 16.6. The molecule has 0 fully saturated rings.